The average Bonchev–Trinajstić information content (AvgIpc) is 2.66. The third kappa shape index (κ3) is 5.52. The smallest absolute Gasteiger partial charge is 0.279 e. The topological polar surface area (TPSA) is 124 Å². The molecule has 0 fully saturated rings. The Hall–Kier alpha value is -2.46. The molecule has 0 saturated heterocycles. The van der Waals surface area contributed by atoms with E-state index in [4.69, 9.17) is 0 Å². The lowest BCUT2D eigenvalue weighted by molar-refractivity contribution is -0.684. The van der Waals surface area contributed by atoms with Crippen LogP contribution in [-0.2, 0) is 14.8 Å². The van der Waals surface area contributed by atoms with E-state index in [0.717, 1.165) is 4.31 Å². The first-order chi connectivity index (χ1) is 13.1. The highest BCUT2D eigenvalue weighted by atomic mass is 32.2. The summed E-state index contributed by atoms with van der Waals surface area (Å²) in [6.07, 6.45) is -0.804. The third-order valence-corrected chi connectivity index (χ3v) is 6.12. The molecule has 0 aromatic heterocycles. The molecule has 0 aliphatic heterocycles. The van der Waals surface area contributed by atoms with Crippen molar-refractivity contribution in [2.24, 2.45) is 0 Å². The van der Waals surface area contributed by atoms with Gasteiger partial charge in [0.1, 0.15) is 17.9 Å². The van der Waals surface area contributed by atoms with Crippen LogP contribution in [0.1, 0.15) is 18.6 Å². The minimum atomic E-state index is -3.58. The number of hydrogen-bond donors (Lipinski definition) is 4. The Kier molecular flexibility index (Phi) is 7.14. The number of aromatic hydroxyl groups is 1. The van der Waals surface area contributed by atoms with Crippen molar-refractivity contribution in [3.05, 3.63) is 54.1 Å². The highest BCUT2D eigenvalue weighted by molar-refractivity contribution is 7.89. The molecule has 0 saturated carbocycles. The van der Waals surface area contributed by atoms with E-state index < -0.39 is 16.1 Å². The summed E-state index contributed by atoms with van der Waals surface area (Å²) in [5.74, 6) is -0.199. The maximum Gasteiger partial charge on any atom is 0.279 e. The van der Waals surface area contributed by atoms with Crippen LogP contribution in [0, 0.1) is 0 Å². The molecule has 2 atom stereocenters. The number of aliphatic hydroxyl groups is 1. The fourth-order valence-corrected chi connectivity index (χ4v) is 3.50. The number of phenolic OH excluding ortho intramolecular Hbond substituents is 1. The Labute approximate surface area is 164 Å². The normalized spacial score (nSPS) is 13.9. The fraction of sp³-hybridized carbons (Fsp3) is 0.316. The molecular formula is C19H26N3O5S+. The molecule has 152 valence electrons. The van der Waals surface area contributed by atoms with Crippen LogP contribution < -0.4 is 10.6 Å². The van der Waals surface area contributed by atoms with Gasteiger partial charge < -0.3 is 20.8 Å². The lowest BCUT2D eigenvalue weighted by Crippen LogP contribution is -2.92. The van der Waals surface area contributed by atoms with E-state index >= 15 is 0 Å². The minimum Gasteiger partial charge on any atom is -0.508 e. The summed E-state index contributed by atoms with van der Waals surface area (Å²) >= 11 is 0. The molecule has 2 aromatic rings. The number of nitrogens with one attached hydrogen (secondary N) is 1. The van der Waals surface area contributed by atoms with Crippen molar-refractivity contribution in [3.8, 4) is 5.75 Å². The largest absolute Gasteiger partial charge is 0.508 e. The van der Waals surface area contributed by atoms with E-state index in [1.165, 1.54) is 38.4 Å². The number of carbonyl (C=O) groups excluding carboxylic acids is 1. The molecule has 1 amide bonds. The van der Waals surface area contributed by atoms with Crippen LogP contribution in [0.5, 0.6) is 5.75 Å². The molecule has 0 radical (unpaired) electrons. The number of aliphatic hydroxyl groups excluding tert-OH is 1. The molecule has 0 heterocycles. The maximum absolute atomic E-state index is 12.2. The van der Waals surface area contributed by atoms with E-state index in [1.807, 2.05) is 0 Å². The first-order valence-electron chi connectivity index (χ1n) is 8.74. The van der Waals surface area contributed by atoms with Crippen LogP contribution >= 0.6 is 0 Å². The SMILES string of the molecule is C[C@@H]([NH2+]CC(=O)Nc1cccc(S(=O)(=O)N(C)C)c1)[C@H](O)c1ccc(O)cc1. The maximum atomic E-state index is 12.2. The average molecular weight is 409 g/mol. The Morgan fingerprint density at radius 3 is 2.43 bits per heavy atom. The predicted molar refractivity (Wildman–Crippen MR) is 105 cm³/mol. The van der Waals surface area contributed by atoms with E-state index in [9.17, 15) is 23.4 Å². The molecule has 2 rings (SSSR count). The number of quaternary nitrogens is 1. The monoisotopic (exact) mass is 408 g/mol. The minimum absolute atomic E-state index is 0.0565. The fourth-order valence-electron chi connectivity index (χ4n) is 2.55. The van der Waals surface area contributed by atoms with E-state index in [-0.39, 0.29) is 29.1 Å². The number of rotatable bonds is 8. The summed E-state index contributed by atoms with van der Waals surface area (Å²) in [5.41, 5.74) is 1.02. The predicted octanol–water partition coefficient (Wildman–Crippen LogP) is 0.267. The van der Waals surface area contributed by atoms with Gasteiger partial charge in [-0.15, -0.1) is 0 Å². The summed E-state index contributed by atoms with van der Waals surface area (Å²) in [5, 5.41) is 24.0. The van der Waals surface area contributed by atoms with Crippen molar-refractivity contribution in [3.63, 3.8) is 0 Å². The van der Waals surface area contributed by atoms with Crippen LogP contribution in [0.2, 0.25) is 0 Å². The van der Waals surface area contributed by atoms with E-state index in [0.29, 0.717) is 11.3 Å². The molecule has 5 N–H and O–H groups in total. The van der Waals surface area contributed by atoms with Gasteiger partial charge in [-0.1, -0.05) is 18.2 Å². The van der Waals surface area contributed by atoms with Gasteiger partial charge in [-0.3, -0.25) is 4.79 Å². The number of anilines is 1. The highest BCUT2D eigenvalue weighted by Gasteiger charge is 2.21. The molecule has 0 spiro atoms. The number of carbonyl (C=O) groups is 1. The van der Waals surface area contributed by atoms with E-state index in [2.05, 4.69) is 5.32 Å². The molecule has 2 aromatic carbocycles. The van der Waals surface area contributed by atoms with Crippen molar-refractivity contribution in [2.75, 3.05) is 26.0 Å². The number of sulfonamides is 1. The highest BCUT2D eigenvalue weighted by Crippen LogP contribution is 2.19. The molecule has 8 nitrogen and oxygen atoms in total. The van der Waals surface area contributed by atoms with Crippen LogP contribution in [-0.4, -0.2) is 55.5 Å². The Morgan fingerprint density at radius 1 is 1.18 bits per heavy atom. The van der Waals surface area contributed by atoms with Crippen molar-refractivity contribution in [2.45, 2.75) is 24.0 Å². The lowest BCUT2D eigenvalue weighted by Gasteiger charge is -2.18. The number of hydrogen-bond acceptors (Lipinski definition) is 5. The molecule has 0 unspecified atom stereocenters. The molecule has 0 aliphatic rings. The van der Waals surface area contributed by atoms with Gasteiger partial charge >= 0.3 is 0 Å². The van der Waals surface area contributed by atoms with E-state index in [1.54, 1.807) is 36.5 Å². The summed E-state index contributed by atoms with van der Waals surface area (Å²) in [6, 6.07) is 12.0. The standard InChI is InChI=1S/C19H25N3O5S/c1-13(19(25)14-7-9-16(23)10-8-14)20-12-18(24)21-15-5-4-6-17(11-15)28(26,27)22(2)3/h4-11,13,19-20,23,25H,12H2,1-3H3,(H,21,24)/p+1/t13-,19+/m1/s1. The van der Waals surface area contributed by atoms with Gasteiger partial charge in [-0.05, 0) is 42.8 Å². The first kappa shape index (κ1) is 21.8. The quantitative estimate of drug-likeness (QED) is 0.499. The molecule has 9 heteroatoms. The van der Waals surface area contributed by atoms with Crippen LogP contribution in [0.3, 0.4) is 0 Å². The number of phenols is 1. The van der Waals surface area contributed by atoms with Gasteiger partial charge in [0.05, 0.1) is 4.90 Å². The van der Waals surface area contributed by atoms with Gasteiger partial charge in [0, 0.05) is 19.8 Å². The van der Waals surface area contributed by atoms with Crippen LogP contribution in [0.4, 0.5) is 5.69 Å². The summed E-state index contributed by atoms with van der Waals surface area (Å²) < 4.78 is 25.5. The Balaban J connectivity index is 1.94. The second-order valence-corrected chi connectivity index (χ2v) is 8.85. The third-order valence-electron chi connectivity index (χ3n) is 4.30. The number of benzene rings is 2. The molecule has 0 bridgehead atoms. The van der Waals surface area contributed by atoms with Crippen LogP contribution in [0.25, 0.3) is 0 Å². The van der Waals surface area contributed by atoms with Gasteiger partial charge in [-0.25, -0.2) is 12.7 Å². The first-order valence-corrected chi connectivity index (χ1v) is 10.2. The van der Waals surface area contributed by atoms with Crippen molar-refractivity contribution < 1.29 is 28.7 Å². The van der Waals surface area contributed by atoms with Crippen LogP contribution in [0.15, 0.2) is 53.4 Å². The lowest BCUT2D eigenvalue weighted by atomic mass is 10.0. The second kappa shape index (κ2) is 9.16. The van der Waals surface area contributed by atoms with Gasteiger partial charge in [0.15, 0.2) is 6.54 Å². The van der Waals surface area contributed by atoms with Gasteiger partial charge in [0.25, 0.3) is 5.91 Å². The molecule has 0 aliphatic carbocycles. The number of amides is 1. The summed E-state index contributed by atoms with van der Waals surface area (Å²) in [6.45, 7) is 1.84. The number of nitrogens with two attached hydrogens (primary N) is 1. The van der Waals surface area contributed by atoms with Gasteiger partial charge in [0.2, 0.25) is 10.0 Å². The van der Waals surface area contributed by atoms with Crippen molar-refractivity contribution in [1.82, 2.24) is 4.31 Å². The Morgan fingerprint density at radius 2 is 1.82 bits per heavy atom. The van der Waals surface area contributed by atoms with Crippen molar-refractivity contribution in [1.29, 1.82) is 0 Å². The summed E-state index contributed by atoms with van der Waals surface area (Å²) in [4.78, 5) is 12.3. The zero-order chi connectivity index (χ0) is 20.9. The molecular weight excluding hydrogens is 382 g/mol. The zero-order valence-corrected chi connectivity index (χ0v) is 16.8. The van der Waals surface area contributed by atoms with Gasteiger partial charge in [-0.2, -0.15) is 0 Å². The Bertz CT molecular complexity index is 913. The number of nitrogens with zero attached hydrogens (tertiary/aromatic N) is 1. The second-order valence-electron chi connectivity index (χ2n) is 6.70. The molecule has 28 heavy (non-hydrogen) atoms. The zero-order valence-electron chi connectivity index (χ0n) is 16.0. The summed E-state index contributed by atoms with van der Waals surface area (Å²) in [7, 11) is -0.701. The van der Waals surface area contributed by atoms with Crippen molar-refractivity contribution >= 4 is 21.6 Å².